The van der Waals surface area contributed by atoms with Crippen LogP contribution in [-0.4, -0.2) is 38.4 Å². The van der Waals surface area contributed by atoms with Gasteiger partial charge in [0.15, 0.2) is 9.74 Å². The van der Waals surface area contributed by atoms with Gasteiger partial charge < -0.3 is 9.80 Å². The van der Waals surface area contributed by atoms with Gasteiger partial charge in [-0.25, -0.2) is 0 Å². The first-order valence-corrected chi connectivity index (χ1v) is 8.88. The van der Waals surface area contributed by atoms with Gasteiger partial charge in [-0.2, -0.15) is 5.26 Å². The maximum Gasteiger partial charge on any atom is 0.261 e. The zero-order valence-electron chi connectivity index (χ0n) is 13.5. The number of benzene rings is 1. The number of carbonyl (C=O) groups is 2. The van der Waals surface area contributed by atoms with Crippen LogP contribution in [0.4, 0.5) is 0 Å². The summed E-state index contributed by atoms with van der Waals surface area (Å²) >= 11 is 7.35. The number of nitrogens with zero attached hydrogens (tertiary/aromatic N) is 3. The molecule has 0 aromatic heterocycles. The van der Waals surface area contributed by atoms with Crippen LogP contribution in [0.5, 0.6) is 0 Å². The lowest BCUT2D eigenvalue weighted by Crippen LogP contribution is -2.60. The zero-order chi connectivity index (χ0) is 17.5. The molecule has 3 aliphatic heterocycles. The molecule has 4 rings (SSSR count). The number of amides is 2. The van der Waals surface area contributed by atoms with E-state index in [4.69, 9.17) is 11.6 Å². The maximum absolute atomic E-state index is 13.2. The zero-order valence-corrected chi connectivity index (χ0v) is 15.1. The Bertz CT molecular complexity index is 822. The Morgan fingerprint density at radius 2 is 1.88 bits per heavy atom. The molecule has 1 spiro atoms. The average molecular weight is 362 g/mol. The fourth-order valence-electron chi connectivity index (χ4n) is 4.29. The Morgan fingerprint density at radius 3 is 2.46 bits per heavy atom. The van der Waals surface area contributed by atoms with E-state index in [1.165, 1.54) is 16.7 Å². The number of thioether (sulfide) groups is 1. The standard InChI is InChI=1S/C17H16ClN3O2S/c1-15(9-19)8-17-14(23)20(3)16(2,24-17)13(22)21(17)12(15)10-4-6-11(18)7-5-10/h4-7,12H,8H2,1-3H3/t12?,15-,16+,17+/m1/s1. The molecule has 3 aliphatic rings. The van der Waals surface area contributed by atoms with Gasteiger partial charge in [-0.1, -0.05) is 35.5 Å². The predicted octanol–water partition coefficient (Wildman–Crippen LogP) is 2.77. The SMILES string of the molecule is CN1C(=O)[C@@]23C[C@](C)(C#N)C(c4ccc(Cl)cc4)N2C(=O)[C@]1(C)S3. The molecule has 1 aromatic carbocycles. The van der Waals surface area contributed by atoms with Crippen LogP contribution in [0.2, 0.25) is 5.02 Å². The van der Waals surface area contributed by atoms with Crippen LogP contribution in [0, 0.1) is 16.7 Å². The summed E-state index contributed by atoms with van der Waals surface area (Å²) in [6.07, 6.45) is 0.332. The average Bonchev–Trinajstić information content (AvgIpc) is 3.02. The van der Waals surface area contributed by atoms with Crippen LogP contribution < -0.4 is 0 Å². The molecule has 5 nitrogen and oxygen atoms in total. The second-order valence-corrected chi connectivity index (χ2v) is 9.18. The number of hydrogen-bond acceptors (Lipinski definition) is 4. The van der Waals surface area contributed by atoms with Crippen LogP contribution in [-0.2, 0) is 9.59 Å². The minimum Gasteiger partial charge on any atom is -0.320 e. The maximum atomic E-state index is 13.2. The summed E-state index contributed by atoms with van der Waals surface area (Å²) in [5, 5.41) is 10.4. The van der Waals surface area contributed by atoms with Gasteiger partial charge in [0.05, 0.1) is 17.5 Å². The molecule has 2 bridgehead atoms. The van der Waals surface area contributed by atoms with E-state index in [2.05, 4.69) is 6.07 Å². The first kappa shape index (κ1) is 15.8. The quantitative estimate of drug-likeness (QED) is 0.771. The van der Waals surface area contributed by atoms with Crippen molar-refractivity contribution in [2.24, 2.45) is 5.41 Å². The molecule has 0 radical (unpaired) electrons. The molecule has 4 atom stereocenters. The Labute approximate surface area is 149 Å². The van der Waals surface area contributed by atoms with Gasteiger partial charge in [-0.05, 0) is 31.5 Å². The lowest BCUT2D eigenvalue weighted by molar-refractivity contribution is -0.159. The van der Waals surface area contributed by atoms with E-state index in [0.717, 1.165) is 5.56 Å². The van der Waals surface area contributed by atoms with E-state index in [9.17, 15) is 14.9 Å². The number of halogens is 1. The van der Waals surface area contributed by atoms with Gasteiger partial charge in [0.1, 0.15) is 0 Å². The third-order valence-corrected chi connectivity index (χ3v) is 7.51. The summed E-state index contributed by atoms with van der Waals surface area (Å²) in [4.78, 5) is 27.4. The fourth-order valence-corrected chi connectivity index (χ4v) is 6.36. The number of nitriles is 1. The number of piperazine rings is 1. The lowest BCUT2D eigenvalue weighted by Gasteiger charge is -2.40. The summed E-state index contributed by atoms with van der Waals surface area (Å²) in [5.74, 6) is -0.193. The van der Waals surface area contributed by atoms with E-state index in [1.54, 1.807) is 31.0 Å². The molecule has 0 aliphatic carbocycles. The van der Waals surface area contributed by atoms with Crippen LogP contribution in [0.25, 0.3) is 0 Å². The van der Waals surface area contributed by atoms with E-state index in [1.807, 2.05) is 19.1 Å². The second-order valence-electron chi connectivity index (χ2n) is 7.07. The van der Waals surface area contributed by atoms with Crippen molar-refractivity contribution >= 4 is 35.2 Å². The summed E-state index contributed by atoms with van der Waals surface area (Å²) in [7, 11) is 1.67. The Hall–Kier alpha value is -1.71. The monoisotopic (exact) mass is 361 g/mol. The highest BCUT2D eigenvalue weighted by atomic mass is 35.5. The van der Waals surface area contributed by atoms with Gasteiger partial charge in [-0.3, -0.25) is 9.59 Å². The molecule has 3 saturated heterocycles. The smallest absolute Gasteiger partial charge is 0.261 e. The highest BCUT2D eigenvalue weighted by Gasteiger charge is 2.78. The van der Waals surface area contributed by atoms with Gasteiger partial charge in [0.25, 0.3) is 11.8 Å². The molecule has 124 valence electrons. The molecule has 0 saturated carbocycles. The van der Waals surface area contributed by atoms with Crippen molar-refractivity contribution < 1.29 is 9.59 Å². The van der Waals surface area contributed by atoms with Gasteiger partial charge in [-0.15, -0.1) is 0 Å². The Balaban J connectivity index is 1.92. The van der Waals surface area contributed by atoms with E-state index < -0.39 is 21.2 Å². The van der Waals surface area contributed by atoms with E-state index >= 15 is 0 Å². The molecule has 3 heterocycles. The molecule has 1 unspecified atom stereocenters. The summed E-state index contributed by atoms with van der Waals surface area (Å²) in [6, 6.07) is 9.08. The number of rotatable bonds is 1. The van der Waals surface area contributed by atoms with Crippen molar-refractivity contribution in [3.8, 4) is 6.07 Å². The summed E-state index contributed by atoms with van der Waals surface area (Å²) in [5.41, 5.74) is -0.000517. The molecular weight excluding hydrogens is 346 g/mol. The van der Waals surface area contributed by atoms with Crippen LogP contribution in [0.3, 0.4) is 0 Å². The predicted molar refractivity (Wildman–Crippen MR) is 90.9 cm³/mol. The second kappa shape index (κ2) is 4.47. The van der Waals surface area contributed by atoms with Crippen molar-refractivity contribution in [1.29, 1.82) is 5.26 Å². The van der Waals surface area contributed by atoms with Gasteiger partial charge in [0, 0.05) is 18.5 Å². The fraction of sp³-hybridized carbons (Fsp3) is 0.471. The van der Waals surface area contributed by atoms with Crippen molar-refractivity contribution in [3.05, 3.63) is 34.9 Å². The topological polar surface area (TPSA) is 64.4 Å². The van der Waals surface area contributed by atoms with Crippen molar-refractivity contribution in [1.82, 2.24) is 9.80 Å². The van der Waals surface area contributed by atoms with Crippen molar-refractivity contribution in [3.63, 3.8) is 0 Å². The van der Waals surface area contributed by atoms with E-state index in [-0.39, 0.29) is 11.8 Å². The van der Waals surface area contributed by atoms with Crippen LogP contribution >= 0.6 is 23.4 Å². The Kier molecular flexibility index (Phi) is 2.94. The van der Waals surface area contributed by atoms with Gasteiger partial charge in [0.2, 0.25) is 0 Å². The van der Waals surface area contributed by atoms with E-state index in [0.29, 0.717) is 11.4 Å². The molecule has 1 aromatic rings. The first-order chi connectivity index (χ1) is 11.2. The van der Waals surface area contributed by atoms with Crippen molar-refractivity contribution in [2.45, 2.75) is 36.1 Å². The van der Waals surface area contributed by atoms with Crippen LogP contribution in [0.1, 0.15) is 31.9 Å². The number of fused-ring (bicyclic) bond motifs is 1. The highest BCUT2D eigenvalue weighted by molar-refractivity contribution is 8.04. The number of carbonyl (C=O) groups excluding carboxylic acids is 2. The summed E-state index contributed by atoms with van der Waals surface area (Å²) in [6.45, 7) is 3.61. The molecule has 24 heavy (non-hydrogen) atoms. The normalized spacial score (nSPS) is 40.2. The van der Waals surface area contributed by atoms with Gasteiger partial charge >= 0.3 is 0 Å². The lowest BCUT2D eigenvalue weighted by atomic mass is 9.79. The minimum atomic E-state index is -0.977. The first-order valence-electron chi connectivity index (χ1n) is 7.68. The molecule has 2 amide bonds. The Morgan fingerprint density at radius 1 is 1.25 bits per heavy atom. The molecule has 0 N–H and O–H groups in total. The molecule has 3 fully saturated rings. The minimum absolute atomic E-state index is 0.0902. The third kappa shape index (κ3) is 1.57. The largest absolute Gasteiger partial charge is 0.320 e. The van der Waals surface area contributed by atoms with Crippen LogP contribution in [0.15, 0.2) is 24.3 Å². The molecule has 7 heteroatoms. The third-order valence-electron chi connectivity index (χ3n) is 5.56. The highest BCUT2D eigenvalue weighted by Crippen LogP contribution is 2.69. The van der Waals surface area contributed by atoms with Crippen molar-refractivity contribution in [2.75, 3.05) is 7.05 Å². The number of likely N-dealkylation sites (N-methyl/N-ethyl adjacent to an activating group) is 1. The number of hydrogen-bond donors (Lipinski definition) is 0. The molecular formula is C17H16ClN3O2S. The summed E-state index contributed by atoms with van der Waals surface area (Å²) < 4.78 is 0.